The fourth-order valence-electron chi connectivity index (χ4n) is 1.46. The Morgan fingerprint density at radius 1 is 1.50 bits per heavy atom. The number of carbonyl (C=O) groups excluding carboxylic acids is 2. The fourth-order valence-corrected chi connectivity index (χ4v) is 1.46. The van der Waals surface area contributed by atoms with E-state index in [4.69, 9.17) is 0 Å². The number of rotatable bonds is 5. The van der Waals surface area contributed by atoms with Gasteiger partial charge in [0.05, 0.1) is 11.1 Å². The van der Waals surface area contributed by atoms with Crippen LogP contribution in [-0.4, -0.2) is 40.2 Å². The number of nitrogens with zero attached hydrogens (tertiary/aromatic N) is 2. The van der Waals surface area contributed by atoms with Gasteiger partial charge in [0.25, 0.3) is 11.6 Å². The summed E-state index contributed by atoms with van der Waals surface area (Å²) in [4.78, 5) is 32.9. The Labute approximate surface area is 122 Å². The lowest BCUT2D eigenvalue weighted by atomic mass is 10.3. The van der Waals surface area contributed by atoms with E-state index in [0.29, 0.717) is 0 Å². The summed E-state index contributed by atoms with van der Waals surface area (Å²) in [5.74, 6) is -2.19. The molecule has 0 saturated heterocycles. The quantitative estimate of drug-likeness (QED) is 0.497. The summed E-state index contributed by atoms with van der Waals surface area (Å²) in [5, 5.41) is 12.1. The van der Waals surface area contributed by atoms with E-state index in [1.165, 1.54) is 7.05 Å². The predicted molar refractivity (Wildman–Crippen MR) is 66.0 cm³/mol. The molecule has 1 unspecified atom stereocenters. The first-order chi connectivity index (χ1) is 10.0. The lowest BCUT2D eigenvalue weighted by molar-refractivity contribution is -0.384. The Bertz CT molecular complexity index is 596. The Balaban J connectivity index is 2.68. The van der Waals surface area contributed by atoms with Crippen LogP contribution in [0.1, 0.15) is 17.4 Å². The summed E-state index contributed by atoms with van der Waals surface area (Å²) in [6.07, 6.45) is -5.01. The van der Waals surface area contributed by atoms with Crippen molar-refractivity contribution < 1.29 is 32.4 Å². The number of aromatic nitrogens is 1. The number of carbonyl (C=O) groups is 2. The van der Waals surface area contributed by atoms with Crippen LogP contribution in [0.3, 0.4) is 0 Å². The minimum atomic E-state index is -4.59. The van der Waals surface area contributed by atoms with Gasteiger partial charge in [-0.3, -0.25) is 14.9 Å². The van der Waals surface area contributed by atoms with Crippen LogP contribution in [0.15, 0.2) is 12.3 Å². The molecule has 0 aliphatic heterocycles. The maximum Gasteiger partial charge on any atom is 0.405 e. The number of nitro groups is 1. The van der Waals surface area contributed by atoms with Gasteiger partial charge in [-0.05, 0) is 6.92 Å². The van der Waals surface area contributed by atoms with Gasteiger partial charge in [-0.2, -0.15) is 13.2 Å². The van der Waals surface area contributed by atoms with E-state index in [1.807, 2.05) is 0 Å². The molecule has 0 radical (unpaired) electrons. The molecule has 0 aliphatic carbocycles. The molecule has 1 atom stereocenters. The van der Waals surface area contributed by atoms with Crippen LogP contribution in [0.2, 0.25) is 0 Å². The summed E-state index contributed by atoms with van der Waals surface area (Å²) in [7, 11) is 1.35. The molecule has 1 amide bonds. The Kier molecular flexibility index (Phi) is 5.12. The summed E-state index contributed by atoms with van der Waals surface area (Å²) < 4.78 is 41.6. The van der Waals surface area contributed by atoms with Gasteiger partial charge < -0.3 is 14.6 Å². The van der Waals surface area contributed by atoms with E-state index in [2.05, 4.69) is 4.74 Å². The molecule has 0 spiro atoms. The Hall–Kier alpha value is -2.59. The highest BCUT2D eigenvalue weighted by molar-refractivity contribution is 5.91. The molecule has 11 heteroatoms. The molecule has 1 aromatic rings. The summed E-state index contributed by atoms with van der Waals surface area (Å²) in [6.45, 7) is -0.468. The number of amides is 1. The van der Waals surface area contributed by atoms with Crippen LogP contribution in [0.5, 0.6) is 0 Å². The van der Waals surface area contributed by atoms with Gasteiger partial charge in [0.1, 0.15) is 12.2 Å². The van der Waals surface area contributed by atoms with Gasteiger partial charge in [0.15, 0.2) is 6.10 Å². The molecule has 8 nitrogen and oxygen atoms in total. The average molecular weight is 323 g/mol. The normalized spacial score (nSPS) is 12.6. The maximum atomic E-state index is 11.9. The van der Waals surface area contributed by atoms with Gasteiger partial charge >= 0.3 is 12.1 Å². The lowest BCUT2D eigenvalue weighted by Crippen LogP contribution is -2.40. The molecular weight excluding hydrogens is 311 g/mol. The van der Waals surface area contributed by atoms with Gasteiger partial charge in [-0.1, -0.05) is 0 Å². The minimum Gasteiger partial charge on any atom is -0.448 e. The van der Waals surface area contributed by atoms with Crippen molar-refractivity contribution in [2.45, 2.75) is 19.2 Å². The van der Waals surface area contributed by atoms with Gasteiger partial charge in [-0.15, -0.1) is 0 Å². The second-order valence-electron chi connectivity index (χ2n) is 4.33. The van der Waals surface area contributed by atoms with Crippen LogP contribution in [0, 0.1) is 10.1 Å². The average Bonchev–Trinajstić information content (AvgIpc) is 2.77. The van der Waals surface area contributed by atoms with E-state index < -0.39 is 35.6 Å². The Morgan fingerprint density at radius 2 is 2.09 bits per heavy atom. The molecule has 22 heavy (non-hydrogen) atoms. The van der Waals surface area contributed by atoms with Crippen LogP contribution in [0.4, 0.5) is 18.9 Å². The number of nitrogens with one attached hydrogen (secondary N) is 1. The third-order valence-corrected chi connectivity index (χ3v) is 2.53. The Morgan fingerprint density at radius 3 is 2.55 bits per heavy atom. The van der Waals surface area contributed by atoms with E-state index in [0.717, 1.165) is 23.8 Å². The molecule has 0 bridgehead atoms. The second kappa shape index (κ2) is 6.45. The molecule has 1 rings (SSSR count). The summed E-state index contributed by atoms with van der Waals surface area (Å²) >= 11 is 0. The highest BCUT2D eigenvalue weighted by atomic mass is 19.4. The summed E-state index contributed by atoms with van der Waals surface area (Å²) in [5.41, 5.74) is -0.564. The highest BCUT2D eigenvalue weighted by Crippen LogP contribution is 2.17. The van der Waals surface area contributed by atoms with Crippen molar-refractivity contribution in [2.24, 2.45) is 7.05 Å². The molecule has 122 valence electrons. The van der Waals surface area contributed by atoms with Crippen molar-refractivity contribution >= 4 is 17.6 Å². The number of ether oxygens (including phenoxy) is 1. The predicted octanol–water partition coefficient (Wildman–Crippen LogP) is 1.16. The zero-order valence-corrected chi connectivity index (χ0v) is 11.5. The van der Waals surface area contributed by atoms with Crippen molar-refractivity contribution in [3.63, 3.8) is 0 Å². The number of alkyl halides is 3. The van der Waals surface area contributed by atoms with Crippen LogP contribution in [-0.2, 0) is 16.6 Å². The van der Waals surface area contributed by atoms with Gasteiger partial charge in [0.2, 0.25) is 0 Å². The second-order valence-corrected chi connectivity index (χ2v) is 4.33. The molecule has 1 aromatic heterocycles. The zero-order chi connectivity index (χ0) is 17.1. The third-order valence-electron chi connectivity index (χ3n) is 2.53. The number of hydrogen-bond acceptors (Lipinski definition) is 5. The first kappa shape index (κ1) is 17.5. The van der Waals surface area contributed by atoms with E-state index in [9.17, 15) is 32.9 Å². The van der Waals surface area contributed by atoms with E-state index in [1.54, 1.807) is 5.32 Å². The number of esters is 1. The van der Waals surface area contributed by atoms with Gasteiger partial charge in [-0.25, -0.2) is 4.79 Å². The molecule has 0 saturated carbocycles. The fraction of sp³-hybridized carbons (Fsp3) is 0.455. The highest BCUT2D eigenvalue weighted by Gasteiger charge is 2.30. The number of halogens is 3. The van der Waals surface area contributed by atoms with Crippen LogP contribution >= 0.6 is 0 Å². The first-order valence-electron chi connectivity index (χ1n) is 5.87. The standard InChI is InChI=1S/C11H12F3N3O5/c1-6(9(18)15-5-11(12,13)14)22-10(19)8-3-7(17(20)21)4-16(8)2/h3-4,6H,5H2,1-2H3,(H,15,18). The van der Waals surface area contributed by atoms with Crippen molar-refractivity contribution in [1.82, 2.24) is 9.88 Å². The third kappa shape index (κ3) is 4.75. The topological polar surface area (TPSA) is 103 Å². The monoisotopic (exact) mass is 323 g/mol. The molecule has 1 heterocycles. The molecular formula is C11H12F3N3O5. The SMILES string of the molecule is CC(OC(=O)c1cc([N+](=O)[O-])cn1C)C(=O)NCC(F)(F)F. The van der Waals surface area contributed by atoms with Crippen molar-refractivity contribution in [2.75, 3.05) is 6.54 Å². The zero-order valence-electron chi connectivity index (χ0n) is 11.5. The maximum absolute atomic E-state index is 11.9. The van der Waals surface area contributed by atoms with Crippen molar-refractivity contribution in [1.29, 1.82) is 0 Å². The van der Waals surface area contributed by atoms with E-state index >= 15 is 0 Å². The molecule has 1 N–H and O–H groups in total. The first-order valence-corrected chi connectivity index (χ1v) is 5.87. The number of aryl methyl sites for hydroxylation is 1. The van der Waals surface area contributed by atoms with Crippen molar-refractivity contribution in [3.05, 3.63) is 28.1 Å². The smallest absolute Gasteiger partial charge is 0.405 e. The van der Waals surface area contributed by atoms with Crippen molar-refractivity contribution in [3.8, 4) is 0 Å². The molecule has 0 aromatic carbocycles. The van der Waals surface area contributed by atoms with Crippen LogP contribution in [0.25, 0.3) is 0 Å². The molecule has 0 fully saturated rings. The minimum absolute atomic E-state index is 0.206. The largest absolute Gasteiger partial charge is 0.448 e. The lowest BCUT2D eigenvalue weighted by Gasteiger charge is -2.14. The number of hydrogen-bond donors (Lipinski definition) is 1. The van der Waals surface area contributed by atoms with Gasteiger partial charge in [0, 0.05) is 13.1 Å². The van der Waals surface area contributed by atoms with E-state index in [-0.39, 0.29) is 11.4 Å². The summed E-state index contributed by atoms with van der Waals surface area (Å²) in [6, 6.07) is 0.933. The van der Waals surface area contributed by atoms with Crippen LogP contribution < -0.4 is 5.32 Å². The molecule has 0 aliphatic rings.